The maximum atomic E-state index is 12.4. The Bertz CT molecular complexity index is 1020. The number of hydrogen-bond donors (Lipinski definition) is 2. The molecule has 0 saturated heterocycles. The number of phenols is 1. The number of aliphatic imine (C=N–C) groups is 1. The number of para-hydroxylation sites is 1. The molecule has 0 spiro atoms. The number of rotatable bonds is 4. The van der Waals surface area contributed by atoms with Gasteiger partial charge in [-0.3, -0.25) is 0 Å². The first kappa shape index (κ1) is 19.8. The van der Waals surface area contributed by atoms with Gasteiger partial charge < -0.3 is 14.9 Å². The monoisotopic (exact) mass is 395 g/mol. The number of ether oxygens (including phenoxy) is 1. The quantitative estimate of drug-likeness (QED) is 0.696. The van der Waals surface area contributed by atoms with Crippen molar-refractivity contribution in [3.05, 3.63) is 75.4 Å². The van der Waals surface area contributed by atoms with Crippen LogP contribution in [0.1, 0.15) is 23.6 Å². The second-order valence-corrected chi connectivity index (χ2v) is 7.35. The van der Waals surface area contributed by atoms with Gasteiger partial charge in [-0.2, -0.15) is 0 Å². The third-order valence-electron chi connectivity index (χ3n) is 4.18. The Morgan fingerprint density at radius 2 is 1.93 bits per heavy atom. The van der Waals surface area contributed by atoms with Gasteiger partial charge in [0, 0.05) is 5.56 Å². The molecule has 2 aromatic rings. The van der Waals surface area contributed by atoms with E-state index >= 15 is 0 Å². The minimum absolute atomic E-state index is 0.0356. The van der Waals surface area contributed by atoms with E-state index in [-0.39, 0.29) is 23.7 Å². The first-order chi connectivity index (χ1) is 13.4. The highest BCUT2D eigenvalue weighted by atomic mass is 32.2. The summed E-state index contributed by atoms with van der Waals surface area (Å²) in [5.74, 6) is -0.734. The molecule has 0 aliphatic carbocycles. The maximum absolute atomic E-state index is 12.4. The lowest BCUT2D eigenvalue weighted by Gasteiger charge is -2.05. The molecule has 1 aliphatic heterocycles. The van der Waals surface area contributed by atoms with Crippen molar-refractivity contribution >= 4 is 34.5 Å². The van der Waals surface area contributed by atoms with Crippen LogP contribution in [0.5, 0.6) is 5.75 Å². The molecule has 0 atom stereocenters. The number of phenolic OH excluding ortho intramolecular Hbond substituents is 1. The van der Waals surface area contributed by atoms with Crippen molar-refractivity contribution < 1.29 is 19.7 Å². The van der Waals surface area contributed by atoms with Crippen LogP contribution in [0.25, 0.3) is 6.08 Å². The van der Waals surface area contributed by atoms with Crippen molar-refractivity contribution in [3.8, 4) is 5.75 Å². The smallest absolute Gasteiger partial charge is 0.344 e. The minimum atomic E-state index is -0.628. The molecule has 2 aromatic carbocycles. The minimum Gasteiger partial charge on any atom is -0.507 e. The van der Waals surface area contributed by atoms with Crippen molar-refractivity contribution in [2.45, 2.75) is 20.8 Å². The van der Waals surface area contributed by atoms with Gasteiger partial charge in [-0.1, -0.05) is 41.6 Å². The fourth-order valence-electron chi connectivity index (χ4n) is 2.72. The Kier molecular flexibility index (Phi) is 5.90. The van der Waals surface area contributed by atoms with E-state index in [0.717, 1.165) is 11.1 Å². The molecule has 0 fully saturated rings. The number of hydrogen-bond acceptors (Lipinski definition) is 6. The van der Waals surface area contributed by atoms with Crippen LogP contribution in [0.2, 0.25) is 0 Å². The van der Waals surface area contributed by atoms with Crippen LogP contribution in [-0.4, -0.2) is 27.8 Å². The van der Waals surface area contributed by atoms with Crippen molar-refractivity contribution in [3.63, 3.8) is 0 Å². The summed E-state index contributed by atoms with van der Waals surface area (Å²) >= 11 is 1.17. The molecule has 0 saturated carbocycles. The van der Waals surface area contributed by atoms with Crippen LogP contribution in [0.4, 0.5) is 5.69 Å². The van der Waals surface area contributed by atoms with Gasteiger partial charge in [-0.15, -0.1) is 0 Å². The van der Waals surface area contributed by atoms with E-state index in [0.29, 0.717) is 21.2 Å². The molecular formula is C22H21NO4S. The van der Waals surface area contributed by atoms with Crippen LogP contribution in [0.15, 0.2) is 63.7 Å². The second-order valence-electron chi connectivity index (χ2n) is 6.32. The predicted molar refractivity (Wildman–Crippen MR) is 113 cm³/mol. The third-order valence-corrected chi connectivity index (χ3v) is 5.20. The summed E-state index contributed by atoms with van der Waals surface area (Å²) < 4.78 is 5.11. The summed E-state index contributed by atoms with van der Waals surface area (Å²) in [5.41, 5.74) is 3.21. The summed E-state index contributed by atoms with van der Waals surface area (Å²) in [6.07, 6.45) is 1.64. The van der Waals surface area contributed by atoms with Crippen molar-refractivity contribution in [1.82, 2.24) is 0 Å². The van der Waals surface area contributed by atoms with E-state index in [2.05, 4.69) is 4.99 Å². The molecule has 0 bridgehead atoms. The van der Waals surface area contributed by atoms with Crippen LogP contribution < -0.4 is 0 Å². The lowest BCUT2D eigenvalue weighted by molar-refractivity contribution is -0.138. The van der Waals surface area contributed by atoms with Gasteiger partial charge in [0.25, 0.3) is 0 Å². The molecule has 3 rings (SSSR count). The Hall–Kier alpha value is -2.99. The van der Waals surface area contributed by atoms with Crippen molar-refractivity contribution in [1.29, 1.82) is 0 Å². The Morgan fingerprint density at radius 1 is 1.18 bits per heavy atom. The fraction of sp³-hybridized carbons (Fsp3) is 0.182. The number of aryl methyl sites for hydroxylation is 2. The van der Waals surface area contributed by atoms with E-state index in [4.69, 9.17) is 4.74 Å². The molecule has 0 amide bonds. The van der Waals surface area contributed by atoms with Gasteiger partial charge in [0.1, 0.15) is 22.1 Å². The van der Waals surface area contributed by atoms with Gasteiger partial charge >= 0.3 is 5.97 Å². The molecule has 6 heteroatoms. The number of esters is 1. The zero-order valence-electron chi connectivity index (χ0n) is 15.9. The highest BCUT2D eigenvalue weighted by Crippen LogP contribution is 2.41. The van der Waals surface area contributed by atoms with E-state index in [1.807, 2.05) is 38.1 Å². The fourth-order valence-corrected chi connectivity index (χ4v) is 3.74. The molecule has 1 aliphatic rings. The topological polar surface area (TPSA) is 79.1 Å². The number of benzene rings is 2. The van der Waals surface area contributed by atoms with Crippen LogP contribution in [-0.2, 0) is 9.53 Å². The number of carbonyl (C=O) groups excluding carboxylic acids is 1. The molecular weight excluding hydrogens is 374 g/mol. The summed E-state index contributed by atoms with van der Waals surface area (Å²) in [5, 5.41) is 21.2. The highest BCUT2D eigenvalue weighted by molar-refractivity contribution is 8.18. The Morgan fingerprint density at radius 3 is 2.64 bits per heavy atom. The lowest BCUT2D eigenvalue weighted by Crippen LogP contribution is -2.12. The number of aliphatic hydroxyl groups excluding tert-OH is 1. The number of aliphatic hydroxyl groups is 1. The Balaban J connectivity index is 2.10. The van der Waals surface area contributed by atoms with Gasteiger partial charge in [0.15, 0.2) is 0 Å². The summed E-state index contributed by atoms with van der Waals surface area (Å²) in [6.45, 7) is 5.73. The van der Waals surface area contributed by atoms with Gasteiger partial charge in [0.2, 0.25) is 0 Å². The number of carbonyl (C=O) groups is 1. The first-order valence-corrected chi connectivity index (χ1v) is 9.67. The molecule has 0 unspecified atom stereocenters. The molecule has 2 N–H and O–H groups in total. The average molecular weight is 395 g/mol. The molecule has 0 radical (unpaired) electrons. The summed E-state index contributed by atoms with van der Waals surface area (Å²) in [7, 11) is 0. The number of aromatic hydroxyl groups is 1. The zero-order chi connectivity index (χ0) is 20.3. The largest absolute Gasteiger partial charge is 0.507 e. The van der Waals surface area contributed by atoms with Crippen LogP contribution in [0.3, 0.4) is 0 Å². The predicted octanol–water partition coefficient (Wildman–Crippen LogP) is 5.20. The Labute approximate surface area is 168 Å². The maximum Gasteiger partial charge on any atom is 0.344 e. The summed E-state index contributed by atoms with van der Waals surface area (Å²) in [4.78, 5) is 17.5. The first-order valence-electron chi connectivity index (χ1n) is 8.85. The SMILES string of the molecule is CCOC(=O)C1=C(O)/C(=C\c2cc(C)ccc2O)SC1=Nc1ccccc1C. The van der Waals surface area contributed by atoms with Crippen LogP contribution in [0, 0.1) is 13.8 Å². The molecule has 28 heavy (non-hydrogen) atoms. The molecule has 144 valence electrons. The van der Waals surface area contributed by atoms with Crippen LogP contribution >= 0.6 is 11.8 Å². The van der Waals surface area contributed by atoms with E-state index < -0.39 is 5.97 Å². The lowest BCUT2D eigenvalue weighted by atomic mass is 10.1. The summed E-state index contributed by atoms with van der Waals surface area (Å²) in [6, 6.07) is 12.7. The molecule has 5 nitrogen and oxygen atoms in total. The average Bonchev–Trinajstić information content (AvgIpc) is 2.95. The van der Waals surface area contributed by atoms with Gasteiger partial charge in [0.05, 0.1) is 17.2 Å². The molecule has 1 heterocycles. The van der Waals surface area contributed by atoms with E-state index in [9.17, 15) is 15.0 Å². The van der Waals surface area contributed by atoms with Crippen molar-refractivity contribution in [2.24, 2.45) is 4.99 Å². The highest BCUT2D eigenvalue weighted by Gasteiger charge is 2.33. The van der Waals surface area contributed by atoms with Crippen molar-refractivity contribution in [2.75, 3.05) is 6.61 Å². The second kappa shape index (κ2) is 8.35. The van der Waals surface area contributed by atoms with Gasteiger partial charge in [-0.25, -0.2) is 9.79 Å². The third kappa shape index (κ3) is 4.12. The zero-order valence-corrected chi connectivity index (χ0v) is 16.7. The number of nitrogens with zero attached hydrogens (tertiary/aromatic N) is 1. The molecule has 0 aromatic heterocycles. The standard InChI is InChI=1S/C22H21NO4S/c1-4-27-22(26)19-20(25)18(12-15-11-13(2)9-10-17(15)24)28-21(19)23-16-8-6-5-7-14(16)3/h5-12,24-25H,4H2,1-3H3/b18-12+,23-21?. The van der Waals surface area contributed by atoms with Gasteiger partial charge in [-0.05, 0) is 50.6 Å². The number of thioether (sulfide) groups is 1. The van der Waals surface area contributed by atoms with E-state index in [1.54, 1.807) is 31.2 Å². The van der Waals surface area contributed by atoms with E-state index in [1.165, 1.54) is 11.8 Å². The normalized spacial score (nSPS) is 16.8.